The summed E-state index contributed by atoms with van der Waals surface area (Å²) in [7, 11) is 0. The zero-order chi connectivity index (χ0) is 20.5. The van der Waals surface area contributed by atoms with Gasteiger partial charge in [-0.05, 0) is 48.7 Å². The van der Waals surface area contributed by atoms with Gasteiger partial charge in [0.15, 0.2) is 0 Å². The number of carboxylic acid groups (broad SMARTS) is 1. The molecule has 0 saturated heterocycles. The number of halogens is 4. The van der Waals surface area contributed by atoms with Gasteiger partial charge in [0, 0.05) is 10.4 Å². The number of anilines is 1. The number of aromatic carboxylic acids is 1. The maximum Gasteiger partial charge on any atom is 0.420 e. The van der Waals surface area contributed by atoms with Crippen LogP contribution in [0, 0.1) is 5.92 Å². The van der Waals surface area contributed by atoms with Crippen molar-refractivity contribution < 1.29 is 32.6 Å². The number of rotatable bonds is 6. The predicted octanol–water partition coefficient (Wildman–Crippen LogP) is 5.09. The number of hydrogen-bond donors (Lipinski definition) is 2. The molecule has 0 spiro atoms. The second-order valence-electron chi connectivity index (χ2n) is 6.38. The Morgan fingerprint density at radius 1 is 1.18 bits per heavy atom. The Balaban J connectivity index is 1.79. The van der Waals surface area contributed by atoms with Gasteiger partial charge in [-0.2, -0.15) is 13.2 Å². The van der Waals surface area contributed by atoms with Gasteiger partial charge < -0.3 is 15.2 Å². The van der Waals surface area contributed by atoms with Crippen LogP contribution in [-0.2, 0) is 17.6 Å². The van der Waals surface area contributed by atoms with Crippen molar-refractivity contribution in [2.45, 2.75) is 25.6 Å². The summed E-state index contributed by atoms with van der Waals surface area (Å²) in [6.45, 7) is -0.262. The number of amides is 1. The van der Waals surface area contributed by atoms with E-state index in [9.17, 15) is 27.9 Å². The molecule has 2 N–H and O–H groups in total. The summed E-state index contributed by atoms with van der Waals surface area (Å²) in [4.78, 5) is 23.4. The number of hydrogen-bond acceptors (Lipinski definition) is 3. The highest BCUT2D eigenvalue weighted by Crippen LogP contribution is 2.38. The maximum absolute atomic E-state index is 13.2. The molecule has 0 heterocycles. The molecule has 28 heavy (non-hydrogen) atoms. The molecule has 0 atom stereocenters. The number of nitrogens with one attached hydrogen (secondary N) is 1. The number of carboxylic acids is 1. The Morgan fingerprint density at radius 2 is 1.89 bits per heavy atom. The highest BCUT2D eigenvalue weighted by atomic mass is 79.9. The highest BCUT2D eigenvalue weighted by molar-refractivity contribution is 9.10. The van der Waals surface area contributed by atoms with Crippen LogP contribution >= 0.6 is 15.9 Å². The first-order valence-corrected chi connectivity index (χ1v) is 9.11. The first kappa shape index (κ1) is 20.2. The van der Waals surface area contributed by atoms with Gasteiger partial charge in [0.05, 0.1) is 16.8 Å². The molecule has 0 radical (unpaired) electrons. The van der Waals surface area contributed by atoms with Crippen molar-refractivity contribution in [3.8, 4) is 5.75 Å². The molecule has 1 aliphatic carbocycles. The van der Waals surface area contributed by atoms with Crippen molar-refractivity contribution >= 4 is 33.5 Å². The lowest BCUT2D eigenvalue weighted by atomic mass is 10.1. The van der Waals surface area contributed by atoms with E-state index in [1.165, 1.54) is 30.3 Å². The molecular weight excluding hydrogens is 443 g/mol. The molecule has 0 aromatic heterocycles. The van der Waals surface area contributed by atoms with Gasteiger partial charge in [-0.25, -0.2) is 4.79 Å². The van der Waals surface area contributed by atoms with Gasteiger partial charge >= 0.3 is 12.1 Å². The number of benzene rings is 2. The molecular formula is C19H15BrF3NO4. The molecule has 1 fully saturated rings. The Morgan fingerprint density at radius 3 is 2.50 bits per heavy atom. The van der Waals surface area contributed by atoms with Crippen LogP contribution in [0.1, 0.15) is 34.3 Å². The molecule has 0 aliphatic heterocycles. The Bertz CT molecular complexity index is 926. The molecule has 3 rings (SSSR count). The largest absolute Gasteiger partial charge is 0.488 e. The molecule has 1 amide bonds. The standard InChI is InChI=1S/C19H15BrF3NO4/c20-12-4-6-16(14(8-12)19(21,22)23)28-9-10-1-5-15(13(7-10)18(26)27)24-17(25)11-2-3-11/h1,4-8,11H,2-3,9H2,(H,24,25)(H,26,27). The van der Waals surface area contributed by atoms with Crippen LogP contribution in [0.2, 0.25) is 0 Å². The van der Waals surface area contributed by atoms with E-state index in [1.54, 1.807) is 0 Å². The molecule has 1 aliphatic rings. The second-order valence-corrected chi connectivity index (χ2v) is 7.29. The molecule has 148 valence electrons. The average Bonchev–Trinajstić information content (AvgIpc) is 3.45. The van der Waals surface area contributed by atoms with Crippen molar-refractivity contribution in [3.63, 3.8) is 0 Å². The zero-order valence-electron chi connectivity index (χ0n) is 14.3. The van der Waals surface area contributed by atoms with Crippen LogP contribution < -0.4 is 10.1 Å². The van der Waals surface area contributed by atoms with E-state index in [0.29, 0.717) is 5.56 Å². The van der Waals surface area contributed by atoms with Crippen molar-refractivity contribution in [3.05, 3.63) is 57.6 Å². The van der Waals surface area contributed by atoms with Gasteiger partial charge in [0.1, 0.15) is 12.4 Å². The summed E-state index contributed by atoms with van der Waals surface area (Å²) in [5.41, 5.74) is -0.582. The topological polar surface area (TPSA) is 75.6 Å². The maximum atomic E-state index is 13.2. The van der Waals surface area contributed by atoms with Crippen molar-refractivity contribution in [1.29, 1.82) is 0 Å². The van der Waals surface area contributed by atoms with E-state index in [-0.39, 0.29) is 39.9 Å². The van der Waals surface area contributed by atoms with Crippen molar-refractivity contribution in [2.24, 2.45) is 5.92 Å². The first-order chi connectivity index (χ1) is 13.1. The number of carbonyl (C=O) groups excluding carboxylic acids is 1. The predicted molar refractivity (Wildman–Crippen MR) is 98.2 cm³/mol. The molecule has 2 aromatic rings. The lowest BCUT2D eigenvalue weighted by molar-refractivity contribution is -0.139. The molecule has 5 nitrogen and oxygen atoms in total. The third-order valence-corrected chi connectivity index (χ3v) is 4.65. The van der Waals surface area contributed by atoms with Gasteiger partial charge in [-0.3, -0.25) is 4.79 Å². The summed E-state index contributed by atoms with van der Waals surface area (Å²) in [5.74, 6) is -1.95. The fourth-order valence-electron chi connectivity index (χ4n) is 2.56. The number of ether oxygens (including phenoxy) is 1. The number of alkyl halides is 3. The SMILES string of the molecule is O=C(O)c1cc(COc2ccc(Br)cc2C(F)(F)F)ccc1NC(=O)C1CC1. The third-order valence-electron chi connectivity index (χ3n) is 4.16. The highest BCUT2D eigenvalue weighted by Gasteiger charge is 2.34. The first-order valence-electron chi connectivity index (χ1n) is 8.32. The summed E-state index contributed by atoms with van der Waals surface area (Å²) in [5, 5.41) is 12.0. The average molecular weight is 458 g/mol. The fraction of sp³-hybridized carbons (Fsp3) is 0.263. The minimum absolute atomic E-state index is 0.0946. The Kier molecular flexibility index (Phi) is 5.64. The molecule has 9 heteroatoms. The van der Waals surface area contributed by atoms with Gasteiger partial charge in [-0.1, -0.05) is 22.0 Å². The minimum atomic E-state index is -4.59. The van der Waals surface area contributed by atoms with Crippen LogP contribution in [0.25, 0.3) is 0 Å². The quantitative estimate of drug-likeness (QED) is 0.632. The monoisotopic (exact) mass is 457 g/mol. The minimum Gasteiger partial charge on any atom is -0.488 e. The van der Waals surface area contributed by atoms with Crippen LogP contribution in [0.15, 0.2) is 40.9 Å². The summed E-state index contributed by atoms with van der Waals surface area (Å²) in [6.07, 6.45) is -3.05. The number of carbonyl (C=O) groups is 2. The second kappa shape index (κ2) is 7.83. The zero-order valence-corrected chi connectivity index (χ0v) is 15.9. The van der Waals surface area contributed by atoms with Crippen LogP contribution in [0.3, 0.4) is 0 Å². The molecule has 0 unspecified atom stereocenters. The van der Waals surface area contributed by atoms with E-state index in [4.69, 9.17) is 4.74 Å². The lowest BCUT2D eigenvalue weighted by Gasteiger charge is -2.15. The smallest absolute Gasteiger partial charge is 0.420 e. The van der Waals surface area contributed by atoms with Gasteiger partial charge in [0.25, 0.3) is 0 Å². The molecule has 2 aromatic carbocycles. The lowest BCUT2D eigenvalue weighted by Crippen LogP contribution is -2.16. The van der Waals surface area contributed by atoms with Crippen LogP contribution in [0.5, 0.6) is 5.75 Å². The van der Waals surface area contributed by atoms with E-state index in [2.05, 4.69) is 21.2 Å². The third kappa shape index (κ3) is 4.83. The fourth-order valence-corrected chi connectivity index (χ4v) is 2.92. The van der Waals surface area contributed by atoms with Gasteiger partial charge in [-0.15, -0.1) is 0 Å². The van der Waals surface area contributed by atoms with Crippen molar-refractivity contribution in [1.82, 2.24) is 0 Å². The van der Waals surface area contributed by atoms with E-state index < -0.39 is 17.7 Å². The molecule has 0 bridgehead atoms. The molecule has 1 saturated carbocycles. The van der Waals surface area contributed by atoms with E-state index >= 15 is 0 Å². The van der Waals surface area contributed by atoms with Gasteiger partial charge in [0.2, 0.25) is 5.91 Å². The normalized spacial score (nSPS) is 13.9. The van der Waals surface area contributed by atoms with Crippen molar-refractivity contribution in [2.75, 3.05) is 5.32 Å². The Hall–Kier alpha value is -2.55. The van der Waals surface area contributed by atoms with E-state index in [1.807, 2.05) is 0 Å². The van der Waals surface area contributed by atoms with E-state index in [0.717, 1.165) is 18.9 Å². The Labute approximate surface area is 166 Å². The van der Waals surface area contributed by atoms with Crippen LogP contribution in [-0.4, -0.2) is 17.0 Å². The summed E-state index contributed by atoms with van der Waals surface area (Å²) < 4.78 is 45.0. The van der Waals surface area contributed by atoms with Crippen LogP contribution in [0.4, 0.5) is 18.9 Å². The summed E-state index contributed by atoms with van der Waals surface area (Å²) in [6, 6.07) is 7.71. The summed E-state index contributed by atoms with van der Waals surface area (Å²) >= 11 is 3.00.